The first-order valence-electron chi connectivity index (χ1n) is 14.1. The molecule has 0 heterocycles. The van der Waals surface area contributed by atoms with Crippen LogP contribution in [0.25, 0.3) is 0 Å². The molecule has 1 aliphatic rings. The van der Waals surface area contributed by atoms with Crippen molar-refractivity contribution in [1.82, 2.24) is 0 Å². The van der Waals surface area contributed by atoms with E-state index in [2.05, 4.69) is 29.4 Å². The maximum atomic E-state index is 14.0. The number of nitrogens with zero attached hydrogens (tertiary/aromatic N) is 1. The van der Waals surface area contributed by atoms with Gasteiger partial charge in [-0.05, 0) is 62.7 Å². The topological polar surface area (TPSA) is 117 Å². The Balaban J connectivity index is 1.80. The summed E-state index contributed by atoms with van der Waals surface area (Å²) in [6, 6.07) is 21.4. The van der Waals surface area contributed by atoms with Crippen molar-refractivity contribution in [3.8, 4) is 11.5 Å². The Morgan fingerprint density at radius 3 is 1.86 bits per heavy atom. The molecule has 0 bridgehead atoms. The van der Waals surface area contributed by atoms with Gasteiger partial charge in [0.05, 0.1) is 37.1 Å². The van der Waals surface area contributed by atoms with Gasteiger partial charge in [0.15, 0.2) is 0 Å². The second-order valence-electron chi connectivity index (χ2n) is 10.6. The van der Waals surface area contributed by atoms with E-state index in [0.717, 1.165) is 18.8 Å². The Kier molecular flexibility index (Phi) is 9.52. The third-order valence-electron chi connectivity index (χ3n) is 7.97. The number of Topliss-reactive ketones (excluding diaryl/α,β-unsaturated/α-hetero) is 1. The summed E-state index contributed by atoms with van der Waals surface area (Å²) in [7, 11) is 2.99. The van der Waals surface area contributed by atoms with Crippen LogP contribution < -0.4 is 25.0 Å². The first-order valence-corrected chi connectivity index (χ1v) is 14.1. The SMILES string of the molecule is CCN(CC)c1ccc([C@@H]2[C@H](C(=O)Nc3ccccc3OC)C(=O)C[C@](C)(O)[C@H]2C(=O)Nc2ccccc2OC)cc1. The minimum absolute atomic E-state index is 0.366. The Morgan fingerprint density at radius 1 is 0.857 bits per heavy atom. The predicted molar refractivity (Wildman–Crippen MR) is 163 cm³/mol. The molecule has 0 aromatic heterocycles. The maximum Gasteiger partial charge on any atom is 0.235 e. The third kappa shape index (κ3) is 6.26. The zero-order chi connectivity index (χ0) is 30.4. The lowest BCUT2D eigenvalue weighted by Crippen LogP contribution is -2.56. The zero-order valence-corrected chi connectivity index (χ0v) is 24.7. The number of methoxy groups -OCH3 is 2. The van der Waals surface area contributed by atoms with Crippen LogP contribution in [0, 0.1) is 11.8 Å². The van der Waals surface area contributed by atoms with Crippen molar-refractivity contribution in [2.75, 3.05) is 42.8 Å². The van der Waals surface area contributed by atoms with Crippen molar-refractivity contribution in [2.45, 2.75) is 38.7 Å². The van der Waals surface area contributed by atoms with Crippen molar-refractivity contribution in [3.05, 3.63) is 78.4 Å². The molecule has 3 aromatic rings. The summed E-state index contributed by atoms with van der Waals surface area (Å²) >= 11 is 0. The van der Waals surface area contributed by atoms with Crippen LogP contribution in [0.3, 0.4) is 0 Å². The van der Waals surface area contributed by atoms with Crippen LogP contribution in [0.5, 0.6) is 11.5 Å². The molecule has 0 radical (unpaired) electrons. The van der Waals surface area contributed by atoms with E-state index in [0.29, 0.717) is 28.4 Å². The number of aliphatic hydroxyl groups is 1. The summed E-state index contributed by atoms with van der Waals surface area (Å²) in [5.74, 6) is -4.02. The van der Waals surface area contributed by atoms with E-state index < -0.39 is 41.0 Å². The standard InChI is InChI=1S/C33H39N3O6/c1-6-36(7-2)22-18-16-21(17-19-22)28-29(31(38)34-23-12-8-10-14-26(23)41-4)25(37)20-33(3,40)30(28)32(39)35-24-13-9-11-15-27(24)42-5/h8-19,28-30,40H,6-7,20H2,1-5H3,(H,34,38)(H,35,39)/t28-,29-,30-,33+/m1/s1. The normalized spacial score (nSPS) is 21.8. The molecule has 2 amide bonds. The number of rotatable bonds is 10. The number of ketones is 1. The molecule has 1 aliphatic carbocycles. The lowest BCUT2D eigenvalue weighted by Gasteiger charge is -2.44. The summed E-state index contributed by atoms with van der Waals surface area (Å²) in [5, 5.41) is 17.3. The number of ether oxygens (including phenoxy) is 2. The van der Waals surface area contributed by atoms with Crippen LogP contribution >= 0.6 is 0 Å². The van der Waals surface area contributed by atoms with Gasteiger partial charge in [0.1, 0.15) is 23.2 Å². The first-order chi connectivity index (χ1) is 20.1. The maximum absolute atomic E-state index is 14.0. The molecule has 0 unspecified atom stereocenters. The molecular weight excluding hydrogens is 534 g/mol. The molecule has 222 valence electrons. The molecule has 4 rings (SSSR count). The smallest absolute Gasteiger partial charge is 0.235 e. The zero-order valence-electron chi connectivity index (χ0n) is 24.7. The molecule has 4 atom stereocenters. The Bertz CT molecular complexity index is 1420. The van der Waals surface area contributed by atoms with Gasteiger partial charge in [0, 0.05) is 31.1 Å². The molecule has 1 saturated carbocycles. The Hall–Kier alpha value is -4.37. The van der Waals surface area contributed by atoms with E-state index in [1.54, 1.807) is 48.5 Å². The third-order valence-corrected chi connectivity index (χ3v) is 7.97. The van der Waals surface area contributed by atoms with Crippen LogP contribution in [0.15, 0.2) is 72.8 Å². The van der Waals surface area contributed by atoms with Gasteiger partial charge in [0.2, 0.25) is 11.8 Å². The number of carbonyl (C=O) groups excluding carboxylic acids is 3. The van der Waals surface area contributed by atoms with E-state index in [4.69, 9.17) is 9.47 Å². The average Bonchev–Trinajstić information content (AvgIpc) is 2.97. The van der Waals surface area contributed by atoms with Gasteiger partial charge in [-0.3, -0.25) is 14.4 Å². The molecule has 0 spiro atoms. The van der Waals surface area contributed by atoms with Crippen molar-refractivity contribution < 1.29 is 29.0 Å². The second kappa shape index (κ2) is 13.1. The average molecular weight is 574 g/mol. The van der Waals surface area contributed by atoms with Gasteiger partial charge in [-0.2, -0.15) is 0 Å². The minimum Gasteiger partial charge on any atom is -0.495 e. The molecule has 0 saturated heterocycles. The molecule has 9 nitrogen and oxygen atoms in total. The van der Waals surface area contributed by atoms with Crippen molar-refractivity contribution >= 4 is 34.7 Å². The van der Waals surface area contributed by atoms with Crippen LogP contribution in [0.1, 0.15) is 38.7 Å². The minimum atomic E-state index is -1.73. The number of carbonyl (C=O) groups is 3. The highest BCUT2D eigenvalue weighted by Gasteiger charge is 2.56. The second-order valence-corrected chi connectivity index (χ2v) is 10.6. The van der Waals surface area contributed by atoms with E-state index in [1.165, 1.54) is 21.1 Å². The van der Waals surface area contributed by atoms with Crippen molar-refractivity contribution in [1.29, 1.82) is 0 Å². The monoisotopic (exact) mass is 573 g/mol. The molecular formula is C33H39N3O6. The molecule has 9 heteroatoms. The molecule has 42 heavy (non-hydrogen) atoms. The van der Waals surface area contributed by atoms with Gasteiger partial charge in [0.25, 0.3) is 0 Å². The summed E-state index contributed by atoms with van der Waals surface area (Å²) < 4.78 is 10.8. The van der Waals surface area contributed by atoms with Gasteiger partial charge in [-0.1, -0.05) is 36.4 Å². The molecule has 1 fully saturated rings. The summed E-state index contributed by atoms with van der Waals surface area (Å²) in [6.45, 7) is 7.21. The molecule has 0 aliphatic heterocycles. The summed E-state index contributed by atoms with van der Waals surface area (Å²) in [6.07, 6.45) is -0.366. The fourth-order valence-corrected chi connectivity index (χ4v) is 5.90. The fraction of sp³-hybridized carbons (Fsp3) is 0.364. The summed E-state index contributed by atoms with van der Waals surface area (Å²) in [4.78, 5) is 43.8. The number of benzene rings is 3. The highest BCUT2D eigenvalue weighted by atomic mass is 16.5. The highest BCUT2D eigenvalue weighted by Crippen LogP contribution is 2.47. The number of anilines is 3. The Labute approximate surface area is 246 Å². The van der Waals surface area contributed by atoms with Gasteiger partial charge >= 0.3 is 0 Å². The van der Waals surface area contributed by atoms with Crippen LogP contribution in [-0.2, 0) is 14.4 Å². The van der Waals surface area contributed by atoms with E-state index in [1.807, 2.05) is 24.3 Å². The number of amides is 2. The summed E-state index contributed by atoms with van der Waals surface area (Å²) in [5.41, 5.74) is 0.665. The lowest BCUT2D eigenvalue weighted by atomic mass is 9.61. The predicted octanol–water partition coefficient (Wildman–Crippen LogP) is 4.87. The Morgan fingerprint density at radius 2 is 1.36 bits per heavy atom. The largest absolute Gasteiger partial charge is 0.495 e. The van der Waals surface area contributed by atoms with Crippen LogP contribution in [0.4, 0.5) is 17.1 Å². The highest BCUT2D eigenvalue weighted by molar-refractivity contribution is 6.11. The fourth-order valence-electron chi connectivity index (χ4n) is 5.90. The van der Waals surface area contributed by atoms with Crippen LogP contribution in [-0.4, -0.2) is 55.6 Å². The number of hydrogen-bond acceptors (Lipinski definition) is 7. The van der Waals surface area contributed by atoms with E-state index >= 15 is 0 Å². The quantitative estimate of drug-likeness (QED) is 0.296. The molecule has 3 aromatic carbocycles. The van der Waals surface area contributed by atoms with Crippen LogP contribution in [0.2, 0.25) is 0 Å². The molecule has 3 N–H and O–H groups in total. The van der Waals surface area contributed by atoms with Gasteiger partial charge in [-0.15, -0.1) is 0 Å². The van der Waals surface area contributed by atoms with E-state index in [-0.39, 0.29) is 6.42 Å². The number of nitrogens with one attached hydrogen (secondary N) is 2. The van der Waals surface area contributed by atoms with Gasteiger partial charge < -0.3 is 30.1 Å². The van der Waals surface area contributed by atoms with E-state index in [9.17, 15) is 19.5 Å². The number of hydrogen-bond donors (Lipinski definition) is 3. The van der Waals surface area contributed by atoms with Crippen molar-refractivity contribution in [3.63, 3.8) is 0 Å². The van der Waals surface area contributed by atoms with Crippen molar-refractivity contribution in [2.24, 2.45) is 11.8 Å². The van der Waals surface area contributed by atoms with Gasteiger partial charge in [-0.25, -0.2) is 0 Å². The lowest BCUT2D eigenvalue weighted by molar-refractivity contribution is -0.150. The first kappa shape index (κ1) is 30.6. The number of para-hydroxylation sites is 4.